The molecule has 2 N–H and O–H groups in total. The highest BCUT2D eigenvalue weighted by molar-refractivity contribution is 14.0. The number of nitrogens with zero attached hydrogens (tertiary/aromatic N) is 3. The van der Waals surface area contributed by atoms with Crippen molar-refractivity contribution in [1.82, 2.24) is 20.2 Å². The lowest BCUT2D eigenvalue weighted by atomic mass is 10.2. The molecule has 1 fully saturated rings. The van der Waals surface area contributed by atoms with Crippen molar-refractivity contribution in [2.45, 2.75) is 24.7 Å². The molecule has 160 valence electrons. The van der Waals surface area contributed by atoms with E-state index in [-0.39, 0.29) is 24.0 Å². The van der Waals surface area contributed by atoms with Crippen LogP contribution in [-0.4, -0.2) is 52.8 Å². The molecule has 0 bridgehead atoms. The minimum Gasteiger partial charge on any atom is -0.357 e. The molecule has 1 saturated heterocycles. The van der Waals surface area contributed by atoms with Crippen molar-refractivity contribution in [3.8, 4) is 0 Å². The summed E-state index contributed by atoms with van der Waals surface area (Å²) in [5.74, 6) is 3.92. The minimum absolute atomic E-state index is 0. The molecular weight excluding hydrogens is 505 g/mol. The first kappa shape index (κ1) is 22.9. The Balaban J connectivity index is 0.00000256. The van der Waals surface area contributed by atoms with Crippen LogP contribution in [0, 0.1) is 5.92 Å². The molecule has 2 heterocycles. The van der Waals surface area contributed by atoms with Crippen LogP contribution < -0.4 is 5.32 Å². The minimum atomic E-state index is 0. The number of rotatable bonds is 7. The lowest BCUT2D eigenvalue weighted by Gasteiger charge is -2.21. The van der Waals surface area contributed by atoms with Gasteiger partial charge in [-0.25, -0.2) is 4.98 Å². The van der Waals surface area contributed by atoms with Gasteiger partial charge in [-0.3, -0.25) is 4.99 Å². The van der Waals surface area contributed by atoms with Crippen molar-refractivity contribution >= 4 is 52.7 Å². The fourth-order valence-corrected chi connectivity index (χ4v) is 4.76. The highest BCUT2D eigenvalue weighted by Crippen LogP contribution is 2.25. The summed E-state index contributed by atoms with van der Waals surface area (Å²) in [6, 6.07) is 18.9. The number of imidazole rings is 1. The molecule has 0 spiro atoms. The Bertz CT molecular complexity index is 910. The van der Waals surface area contributed by atoms with Crippen molar-refractivity contribution in [1.29, 1.82) is 0 Å². The lowest BCUT2D eigenvalue weighted by Crippen LogP contribution is -2.40. The molecule has 4 rings (SSSR count). The number of thioether (sulfide) groups is 1. The van der Waals surface area contributed by atoms with Gasteiger partial charge in [0, 0.05) is 43.2 Å². The summed E-state index contributed by atoms with van der Waals surface area (Å²) in [4.78, 5) is 16.7. The molecule has 5 nitrogen and oxygen atoms in total. The Labute approximate surface area is 200 Å². The first-order valence-corrected chi connectivity index (χ1v) is 11.4. The molecule has 1 atom stereocenters. The van der Waals surface area contributed by atoms with Crippen molar-refractivity contribution in [3.63, 3.8) is 0 Å². The number of fused-ring (bicyclic) bond motifs is 1. The van der Waals surface area contributed by atoms with Crippen LogP contribution in [0.2, 0.25) is 0 Å². The summed E-state index contributed by atoms with van der Waals surface area (Å²) in [6.07, 6.45) is 2.05. The monoisotopic (exact) mass is 535 g/mol. The maximum atomic E-state index is 4.88. The second-order valence-corrected chi connectivity index (χ2v) is 8.50. The number of aromatic nitrogens is 2. The zero-order valence-corrected chi connectivity index (χ0v) is 20.5. The van der Waals surface area contributed by atoms with Gasteiger partial charge < -0.3 is 15.2 Å². The van der Waals surface area contributed by atoms with Crippen LogP contribution >= 0.6 is 35.7 Å². The molecular formula is C23H30IN5S. The Morgan fingerprint density at radius 2 is 2.00 bits per heavy atom. The second-order valence-electron chi connectivity index (χ2n) is 7.41. The summed E-state index contributed by atoms with van der Waals surface area (Å²) >= 11 is 1.96. The summed E-state index contributed by atoms with van der Waals surface area (Å²) in [6.45, 7) is 5.92. The van der Waals surface area contributed by atoms with E-state index in [4.69, 9.17) is 4.99 Å². The van der Waals surface area contributed by atoms with E-state index in [1.807, 2.05) is 30.0 Å². The molecule has 7 heteroatoms. The number of benzene rings is 2. The maximum Gasteiger partial charge on any atom is 0.193 e. The average molecular weight is 535 g/mol. The number of aromatic amines is 1. The standard InChI is InChI=1S/C23H29N5S.HI/c1-2-24-23(25-14-12-22-26-20-10-6-7-11-21(20)27-22)28-15-13-18(16-28)17-29-19-8-4-3-5-9-19;/h3-11,18H,2,12-17H2,1H3,(H,24,25)(H,26,27);1H. The number of likely N-dealkylation sites (tertiary alicyclic amines) is 1. The van der Waals surface area contributed by atoms with Crippen molar-refractivity contribution in [3.05, 3.63) is 60.4 Å². The number of guanidine groups is 1. The van der Waals surface area contributed by atoms with E-state index >= 15 is 0 Å². The predicted molar refractivity (Wildman–Crippen MR) is 138 cm³/mol. The normalized spacial score (nSPS) is 16.6. The molecule has 2 aromatic carbocycles. The number of halogens is 1. The van der Waals surface area contributed by atoms with E-state index < -0.39 is 0 Å². The first-order valence-electron chi connectivity index (χ1n) is 10.5. The fourth-order valence-electron chi connectivity index (χ4n) is 3.71. The number of para-hydroxylation sites is 2. The van der Waals surface area contributed by atoms with E-state index in [1.165, 1.54) is 17.1 Å². The van der Waals surface area contributed by atoms with Gasteiger partial charge in [0.2, 0.25) is 0 Å². The van der Waals surface area contributed by atoms with E-state index in [2.05, 4.69) is 63.5 Å². The van der Waals surface area contributed by atoms with Crippen LogP contribution in [0.4, 0.5) is 0 Å². The maximum absolute atomic E-state index is 4.88. The van der Waals surface area contributed by atoms with Gasteiger partial charge in [-0.05, 0) is 43.5 Å². The van der Waals surface area contributed by atoms with E-state index in [1.54, 1.807) is 0 Å². The summed E-state index contributed by atoms with van der Waals surface area (Å²) in [7, 11) is 0. The molecule has 1 unspecified atom stereocenters. The van der Waals surface area contributed by atoms with Gasteiger partial charge >= 0.3 is 0 Å². The number of hydrogen-bond acceptors (Lipinski definition) is 3. The number of H-pyrrole nitrogens is 1. The van der Waals surface area contributed by atoms with Gasteiger partial charge in [0.15, 0.2) is 5.96 Å². The lowest BCUT2D eigenvalue weighted by molar-refractivity contribution is 0.474. The average Bonchev–Trinajstić information content (AvgIpc) is 3.39. The van der Waals surface area contributed by atoms with Crippen molar-refractivity contribution < 1.29 is 0 Å². The van der Waals surface area contributed by atoms with E-state index in [9.17, 15) is 0 Å². The number of nitrogens with one attached hydrogen (secondary N) is 2. The fraction of sp³-hybridized carbons (Fsp3) is 0.391. The summed E-state index contributed by atoms with van der Waals surface area (Å²) in [5.41, 5.74) is 2.12. The van der Waals surface area contributed by atoms with Gasteiger partial charge in [0.1, 0.15) is 5.82 Å². The second kappa shape index (κ2) is 11.6. The SMILES string of the molecule is CCNC(=NCCc1nc2ccccc2[nH]1)N1CCC(CSc2ccccc2)C1.I. The number of aliphatic imine (C=N–C) groups is 1. The van der Waals surface area contributed by atoms with Gasteiger partial charge in [-0.15, -0.1) is 35.7 Å². The third-order valence-corrected chi connectivity index (χ3v) is 6.44. The topological polar surface area (TPSA) is 56.3 Å². The van der Waals surface area contributed by atoms with Crippen LogP contribution in [0.3, 0.4) is 0 Å². The Hall–Kier alpha value is -1.74. The molecule has 30 heavy (non-hydrogen) atoms. The Kier molecular flexibility index (Phi) is 8.87. The molecule has 3 aromatic rings. The summed E-state index contributed by atoms with van der Waals surface area (Å²) in [5, 5.41) is 3.47. The molecule has 0 aliphatic carbocycles. The Morgan fingerprint density at radius 3 is 2.80 bits per heavy atom. The van der Waals surface area contributed by atoms with Gasteiger partial charge in [-0.2, -0.15) is 0 Å². The van der Waals surface area contributed by atoms with E-state index in [0.29, 0.717) is 5.92 Å². The third-order valence-electron chi connectivity index (χ3n) is 5.20. The number of hydrogen-bond donors (Lipinski definition) is 2. The zero-order chi connectivity index (χ0) is 19.9. The quantitative estimate of drug-likeness (QED) is 0.198. The van der Waals surface area contributed by atoms with E-state index in [0.717, 1.165) is 55.4 Å². The zero-order valence-electron chi connectivity index (χ0n) is 17.4. The predicted octanol–water partition coefficient (Wildman–Crippen LogP) is 4.80. The van der Waals surface area contributed by atoms with Crippen LogP contribution in [0.1, 0.15) is 19.2 Å². The molecule has 0 saturated carbocycles. The van der Waals surface area contributed by atoms with Gasteiger partial charge in [0.25, 0.3) is 0 Å². The van der Waals surface area contributed by atoms with Crippen molar-refractivity contribution in [2.75, 3.05) is 31.9 Å². The largest absolute Gasteiger partial charge is 0.357 e. The molecule has 0 radical (unpaired) electrons. The molecule has 1 aliphatic rings. The Morgan fingerprint density at radius 1 is 1.20 bits per heavy atom. The first-order chi connectivity index (χ1) is 14.3. The summed E-state index contributed by atoms with van der Waals surface area (Å²) < 4.78 is 0. The molecule has 0 amide bonds. The van der Waals surface area contributed by atoms with Crippen molar-refractivity contribution in [2.24, 2.45) is 10.9 Å². The molecule has 1 aliphatic heterocycles. The van der Waals surface area contributed by atoms with Gasteiger partial charge in [-0.1, -0.05) is 30.3 Å². The third kappa shape index (κ3) is 6.14. The van der Waals surface area contributed by atoms with Crippen LogP contribution in [0.25, 0.3) is 11.0 Å². The van der Waals surface area contributed by atoms with Crippen LogP contribution in [0.5, 0.6) is 0 Å². The molecule has 1 aromatic heterocycles. The van der Waals surface area contributed by atoms with Crippen LogP contribution in [-0.2, 0) is 6.42 Å². The highest BCUT2D eigenvalue weighted by atomic mass is 127. The van der Waals surface area contributed by atoms with Crippen LogP contribution in [0.15, 0.2) is 64.5 Å². The highest BCUT2D eigenvalue weighted by Gasteiger charge is 2.24. The smallest absolute Gasteiger partial charge is 0.193 e. The van der Waals surface area contributed by atoms with Gasteiger partial charge in [0.05, 0.1) is 11.0 Å².